The first-order valence-electron chi connectivity index (χ1n) is 11.9. The first-order chi connectivity index (χ1) is 15.7. The molecule has 1 amide bonds. The molecule has 1 aliphatic heterocycles. The number of amides is 1. The third kappa shape index (κ3) is 5.58. The molecule has 0 atom stereocenters. The van der Waals surface area contributed by atoms with Crippen LogP contribution in [0.25, 0.3) is 0 Å². The Kier molecular flexibility index (Phi) is 8.18. The highest BCUT2D eigenvalue weighted by atomic mass is 32.2. The Hall–Kier alpha value is -2.39. The number of hydrogen-bond acceptors (Lipinski definition) is 5. The lowest BCUT2D eigenvalue weighted by Gasteiger charge is -2.26. The number of nitrogens with one attached hydrogen (secondary N) is 1. The number of aryl methyl sites for hydroxylation is 3. The van der Waals surface area contributed by atoms with Crippen molar-refractivity contribution in [1.29, 1.82) is 0 Å². The summed E-state index contributed by atoms with van der Waals surface area (Å²) in [4.78, 5) is 15.2. The van der Waals surface area contributed by atoms with Gasteiger partial charge in [0, 0.05) is 44.0 Å². The summed E-state index contributed by atoms with van der Waals surface area (Å²) in [5.41, 5.74) is 4.01. The van der Waals surface area contributed by atoms with E-state index in [1.165, 1.54) is 0 Å². The van der Waals surface area contributed by atoms with Gasteiger partial charge in [0.1, 0.15) is 4.90 Å². The molecule has 2 aromatic rings. The van der Waals surface area contributed by atoms with Crippen molar-refractivity contribution in [1.82, 2.24) is 14.1 Å². The van der Waals surface area contributed by atoms with Crippen molar-refractivity contribution >= 4 is 27.3 Å². The van der Waals surface area contributed by atoms with E-state index in [2.05, 4.69) is 35.2 Å². The van der Waals surface area contributed by atoms with Crippen molar-refractivity contribution in [3.8, 4) is 0 Å². The fourth-order valence-corrected chi connectivity index (χ4v) is 6.39. The number of sulfonamides is 1. The van der Waals surface area contributed by atoms with Crippen LogP contribution in [0, 0.1) is 20.8 Å². The minimum atomic E-state index is -3.57. The molecule has 1 aromatic heterocycles. The first kappa shape index (κ1) is 25.2. The monoisotopic (exact) mass is 475 g/mol. The standard InChI is InChI=1S/C24H37N5O3S/c1-6-27(7-2)21-11-12-22(18(3)17-21)25-23(30)13-16-29-20(5)24(19(4)26-29)33(31,32)28-14-9-8-10-15-28/h11-12,17H,6-10,13-16H2,1-5H3,(H,25,30). The zero-order valence-corrected chi connectivity index (χ0v) is 21.3. The van der Waals surface area contributed by atoms with E-state index < -0.39 is 10.0 Å². The van der Waals surface area contributed by atoms with Crippen LogP contribution in [0.4, 0.5) is 11.4 Å². The molecule has 2 heterocycles. The van der Waals surface area contributed by atoms with E-state index in [4.69, 9.17) is 0 Å². The van der Waals surface area contributed by atoms with E-state index in [1.54, 1.807) is 22.8 Å². The second kappa shape index (κ2) is 10.7. The van der Waals surface area contributed by atoms with E-state index in [1.807, 2.05) is 19.1 Å². The highest BCUT2D eigenvalue weighted by molar-refractivity contribution is 7.89. The maximum absolute atomic E-state index is 13.2. The largest absolute Gasteiger partial charge is 0.372 e. The van der Waals surface area contributed by atoms with Crippen molar-refractivity contribution in [3.05, 3.63) is 35.2 Å². The van der Waals surface area contributed by atoms with Gasteiger partial charge < -0.3 is 10.2 Å². The third-order valence-corrected chi connectivity index (χ3v) is 8.54. The molecule has 1 N–H and O–H groups in total. The lowest BCUT2D eigenvalue weighted by Crippen LogP contribution is -2.36. The van der Waals surface area contributed by atoms with Crippen LogP contribution in [0.2, 0.25) is 0 Å². The maximum Gasteiger partial charge on any atom is 0.246 e. The van der Waals surface area contributed by atoms with Gasteiger partial charge in [-0.05, 0) is 71.2 Å². The number of carbonyl (C=O) groups is 1. The molecule has 3 rings (SSSR count). The van der Waals surface area contributed by atoms with Crippen molar-refractivity contribution in [2.24, 2.45) is 0 Å². The molecule has 1 fully saturated rings. The zero-order chi connectivity index (χ0) is 24.2. The van der Waals surface area contributed by atoms with Gasteiger partial charge >= 0.3 is 0 Å². The Morgan fingerprint density at radius 2 is 1.76 bits per heavy atom. The Labute approximate surface area is 198 Å². The van der Waals surface area contributed by atoms with Gasteiger partial charge in [0.25, 0.3) is 0 Å². The van der Waals surface area contributed by atoms with Gasteiger partial charge in [-0.2, -0.15) is 9.40 Å². The van der Waals surface area contributed by atoms with E-state index in [0.29, 0.717) is 31.0 Å². The van der Waals surface area contributed by atoms with Crippen LogP contribution in [0.5, 0.6) is 0 Å². The molecule has 1 aliphatic rings. The summed E-state index contributed by atoms with van der Waals surface area (Å²) >= 11 is 0. The SMILES string of the molecule is CCN(CC)c1ccc(NC(=O)CCn2nc(C)c(S(=O)(=O)N3CCCCC3)c2C)c(C)c1. The maximum atomic E-state index is 13.2. The summed E-state index contributed by atoms with van der Waals surface area (Å²) in [6, 6.07) is 6.04. The number of benzene rings is 1. The number of piperidine rings is 1. The molecule has 8 nitrogen and oxygen atoms in total. The molecule has 0 radical (unpaired) electrons. The van der Waals surface area contributed by atoms with Crippen LogP contribution in [-0.2, 0) is 21.4 Å². The van der Waals surface area contributed by atoms with Gasteiger partial charge in [0.15, 0.2) is 0 Å². The molecule has 1 saturated heterocycles. The summed E-state index contributed by atoms with van der Waals surface area (Å²) in [7, 11) is -3.57. The van der Waals surface area contributed by atoms with Crippen LogP contribution >= 0.6 is 0 Å². The third-order valence-electron chi connectivity index (χ3n) is 6.39. The van der Waals surface area contributed by atoms with Crippen LogP contribution in [0.15, 0.2) is 23.1 Å². The van der Waals surface area contributed by atoms with Crippen molar-refractivity contribution in [2.45, 2.75) is 71.7 Å². The van der Waals surface area contributed by atoms with Gasteiger partial charge in [-0.3, -0.25) is 9.48 Å². The number of nitrogens with zero attached hydrogens (tertiary/aromatic N) is 4. The van der Waals surface area contributed by atoms with Crippen molar-refractivity contribution < 1.29 is 13.2 Å². The molecule has 0 spiro atoms. The van der Waals surface area contributed by atoms with Crippen LogP contribution < -0.4 is 10.2 Å². The molecule has 0 aliphatic carbocycles. The van der Waals surface area contributed by atoms with Gasteiger partial charge in [-0.25, -0.2) is 8.42 Å². The minimum absolute atomic E-state index is 0.123. The molecule has 9 heteroatoms. The van der Waals surface area contributed by atoms with Gasteiger partial charge in [-0.15, -0.1) is 0 Å². The molecule has 182 valence electrons. The number of rotatable bonds is 9. The quantitative estimate of drug-likeness (QED) is 0.595. The predicted molar refractivity (Wildman–Crippen MR) is 132 cm³/mol. The summed E-state index contributed by atoms with van der Waals surface area (Å²) in [6.07, 6.45) is 3.06. The van der Waals surface area contributed by atoms with Crippen molar-refractivity contribution in [2.75, 3.05) is 36.4 Å². The van der Waals surface area contributed by atoms with E-state index in [-0.39, 0.29) is 17.2 Å². The van der Waals surface area contributed by atoms with E-state index in [9.17, 15) is 13.2 Å². The molecular formula is C24H37N5O3S. The molecule has 0 bridgehead atoms. The van der Waals surface area contributed by atoms with Crippen LogP contribution in [-0.4, -0.2) is 54.6 Å². The van der Waals surface area contributed by atoms with Gasteiger partial charge in [0.2, 0.25) is 15.9 Å². The van der Waals surface area contributed by atoms with Gasteiger partial charge in [0.05, 0.1) is 17.9 Å². The first-order valence-corrected chi connectivity index (χ1v) is 13.3. The number of carbonyl (C=O) groups excluding carboxylic acids is 1. The highest BCUT2D eigenvalue weighted by Gasteiger charge is 2.31. The Balaban J connectivity index is 1.67. The number of hydrogen-bond donors (Lipinski definition) is 1. The average Bonchev–Trinajstić information content (AvgIpc) is 3.09. The molecule has 0 unspecified atom stereocenters. The Morgan fingerprint density at radius 3 is 2.36 bits per heavy atom. The Bertz CT molecular complexity index is 1080. The topological polar surface area (TPSA) is 87.5 Å². The van der Waals surface area contributed by atoms with Crippen LogP contribution in [0.1, 0.15) is 56.5 Å². The number of anilines is 2. The van der Waals surface area contributed by atoms with E-state index in [0.717, 1.165) is 49.3 Å². The second-order valence-corrected chi connectivity index (χ2v) is 10.5. The molecular weight excluding hydrogens is 438 g/mol. The predicted octanol–water partition coefficient (Wildman–Crippen LogP) is 3.86. The summed E-state index contributed by atoms with van der Waals surface area (Å²) in [6.45, 7) is 13.0. The summed E-state index contributed by atoms with van der Waals surface area (Å²) in [5.74, 6) is -0.123. The lowest BCUT2D eigenvalue weighted by molar-refractivity contribution is -0.116. The van der Waals surface area contributed by atoms with Gasteiger partial charge in [-0.1, -0.05) is 6.42 Å². The lowest BCUT2D eigenvalue weighted by atomic mass is 10.1. The molecule has 0 saturated carbocycles. The zero-order valence-electron chi connectivity index (χ0n) is 20.5. The summed E-state index contributed by atoms with van der Waals surface area (Å²) in [5, 5.41) is 7.42. The molecule has 1 aromatic carbocycles. The normalized spacial score (nSPS) is 14.9. The van der Waals surface area contributed by atoms with Crippen molar-refractivity contribution in [3.63, 3.8) is 0 Å². The summed E-state index contributed by atoms with van der Waals surface area (Å²) < 4.78 is 29.5. The Morgan fingerprint density at radius 1 is 1.09 bits per heavy atom. The molecule has 33 heavy (non-hydrogen) atoms. The van der Waals surface area contributed by atoms with E-state index >= 15 is 0 Å². The van der Waals surface area contributed by atoms with Crippen LogP contribution in [0.3, 0.4) is 0 Å². The highest BCUT2D eigenvalue weighted by Crippen LogP contribution is 2.26. The smallest absolute Gasteiger partial charge is 0.246 e. The fourth-order valence-electron chi connectivity index (χ4n) is 4.50. The fraction of sp³-hybridized carbons (Fsp3) is 0.583. The second-order valence-electron chi connectivity index (χ2n) is 8.66. The number of aromatic nitrogens is 2. The average molecular weight is 476 g/mol. The minimum Gasteiger partial charge on any atom is -0.372 e.